The number of aliphatic imine (C=N–C) groups is 1. The van der Waals surface area contributed by atoms with E-state index >= 15 is 0 Å². The highest BCUT2D eigenvalue weighted by atomic mass is 127. The molecule has 0 saturated carbocycles. The summed E-state index contributed by atoms with van der Waals surface area (Å²) in [5, 5.41) is 6.62. The first-order valence-electron chi connectivity index (χ1n) is 8.78. The summed E-state index contributed by atoms with van der Waals surface area (Å²) in [6, 6.07) is 11.8. The maximum atomic E-state index is 5.46. The maximum Gasteiger partial charge on any atom is 0.231 e. The number of ether oxygens (including phenoxy) is 4. The van der Waals surface area contributed by atoms with Gasteiger partial charge in [-0.05, 0) is 30.2 Å². The third kappa shape index (κ3) is 5.34. The minimum absolute atomic E-state index is 0. The van der Waals surface area contributed by atoms with Crippen LogP contribution in [0.1, 0.15) is 11.1 Å². The van der Waals surface area contributed by atoms with E-state index in [0.717, 1.165) is 41.7 Å². The zero-order valence-electron chi connectivity index (χ0n) is 16.3. The highest BCUT2D eigenvalue weighted by molar-refractivity contribution is 14.0. The number of guanidine groups is 1. The second-order valence-electron chi connectivity index (χ2n) is 5.94. The van der Waals surface area contributed by atoms with Crippen molar-refractivity contribution in [1.29, 1.82) is 0 Å². The molecule has 0 aliphatic carbocycles. The van der Waals surface area contributed by atoms with Crippen LogP contribution in [-0.4, -0.2) is 40.6 Å². The second kappa shape index (κ2) is 10.8. The quantitative estimate of drug-likeness (QED) is 0.347. The molecule has 1 aliphatic rings. The Morgan fingerprint density at radius 1 is 1.07 bits per heavy atom. The predicted octanol–water partition coefficient (Wildman–Crippen LogP) is 2.96. The van der Waals surface area contributed by atoms with E-state index < -0.39 is 0 Å². The number of hydrogen-bond acceptors (Lipinski definition) is 5. The van der Waals surface area contributed by atoms with Crippen molar-refractivity contribution in [2.45, 2.75) is 13.0 Å². The first-order chi connectivity index (χ1) is 13.2. The molecule has 0 radical (unpaired) electrons. The average molecular weight is 499 g/mol. The van der Waals surface area contributed by atoms with Gasteiger partial charge >= 0.3 is 0 Å². The number of para-hydroxylation sites is 1. The van der Waals surface area contributed by atoms with Crippen molar-refractivity contribution in [3.05, 3.63) is 47.5 Å². The van der Waals surface area contributed by atoms with Crippen LogP contribution in [0.3, 0.4) is 0 Å². The van der Waals surface area contributed by atoms with Gasteiger partial charge in [0.2, 0.25) is 6.79 Å². The van der Waals surface area contributed by atoms with Crippen molar-refractivity contribution in [2.24, 2.45) is 4.99 Å². The van der Waals surface area contributed by atoms with Crippen LogP contribution in [0, 0.1) is 0 Å². The first-order valence-corrected chi connectivity index (χ1v) is 8.78. The number of nitrogens with zero attached hydrogens (tertiary/aromatic N) is 1. The molecule has 3 rings (SSSR count). The van der Waals surface area contributed by atoms with Crippen LogP contribution in [0.15, 0.2) is 41.4 Å². The number of hydrogen-bond donors (Lipinski definition) is 2. The third-order valence-electron chi connectivity index (χ3n) is 4.30. The minimum atomic E-state index is 0. The summed E-state index contributed by atoms with van der Waals surface area (Å²) in [4.78, 5) is 4.27. The van der Waals surface area contributed by atoms with E-state index in [1.165, 1.54) is 5.56 Å². The molecule has 0 aromatic heterocycles. The van der Waals surface area contributed by atoms with Gasteiger partial charge < -0.3 is 29.6 Å². The summed E-state index contributed by atoms with van der Waals surface area (Å²) in [6.45, 7) is 1.61. The van der Waals surface area contributed by atoms with Gasteiger partial charge in [0.15, 0.2) is 29.0 Å². The Balaban J connectivity index is 0.00000280. The van der Waals surface area contributed by atoms with Gasteiger partial charge in [0.05, 0.1) is 14.2 Å². The van der Waals surface area contributed by atoms with Gasteiger partial charge in [-0.1, -0.05) is 18.2 Å². The molecule has 152 valence electrons. The summed E-state index contributed by atoms with van der Waals surface area (Å²) >= 11 is 0. The molecule has 0 atom stereocenters. The molecule has 0 unspecified atom stereocenters. The zero-order valence-corrected chi connectivity index (χ0v) is 18.6. The monoisotopic (exact) mass is 499 g/mol. The van der Waals surface area contributed by atoms with Crippen molar-refractivity contribution >= 4 is 29.9 Å². The number of benzene rings is 2. The molecular formula is C20H26IN3O4. The van der Waals surface area contributed by atoms with Gasteiger partial charge in [0.1, 0.15) is 0 Å². The summed E-state index contributed by atoms with van der Waals surface area (Å²) in [5.41, 5.74) is 2.17. The Labute approximate surface area is 182 Å². The van der Waals surface area contributed by atoms with Crippen molar-refractivity contribution < 1.29 is 18.9 Å². The summed E-state index contributed by atoms with van der Waals surface area (Å²) < 4.78 is 21.6. The molecule has 8 heteroatoms. The smallest absolute Gasteiger partial charge is 0.231 e. The molecule has 0 fully saturated rings. The van der Waals surface area contributed by atoms with Crippen LogP contribution < -0.4 is 29.6 Å². The molecule has 2 N–H and O–H groups in total. The summed E-state index contributed by atoms with van der Waals surface area (Å²) in [6.07, 6.45) is 0.847. The maximum absolute atomic E-state index is 5.46. The number of halogens is 1. The van der Waals surface area contributed by atoms with Gasteiger partial charge in [0.25, 0.3) is 0 Å². The van der Waals surface area contributed by atoms with Gasteiger partial charge in [-0.2, -0.15) is 0 Å². The van der Waals surface area contributed by atoms with Gasteiger partial charge in [-0.25, -0.2) is 0 Å². The third-order valence-corrected chi connectivity index (χ3v) is 4.30. The van der Waals surface area contributed by atoms with E-state index in [9.17, 15) is 0 Å². The van der Waals surface area contributed by atoms with Gasteiger partial charge in [0, 0.05) is 25.7 Å². The fourth-order valence-electron chi connectivity index (χ4n) is 2.91. The van der Waals surface area contributed by atoms with Crippen LogP contribution >= 0.6 is 24.0 Å². The lowest BCUT2D eigenvalue weighted by atomic mass is 10.1. The number of nitrogens with one attached hydrogen (secondary N) is 2. The topological polar surface area (TPSA) is 73.3 Å². The number of methoxy groups -OCH3 is 2. The fraction of sp³-hybridized carbons (Fsp3) is 0.350. The fourth-order valence-corrected chi connectivity index (χ4v) is 2.91. The number of fused-ring (bicyclic) bond motifs is 1. The molecule has 0 bridgehead atoms. The lowest BCUT2D eigenvalue weighted by Gasteiger charge is -2.15. The Bertz CT molecular complexity index is 814. The summed E-state index contributed by atoms with van der Waals surface area (Å²) in [7, 11) is 5.02. The van der Waals surface area contributed by atoms with E-state index in [2.05, 4.69) is 15.6 Å². The van der Waals surface area contributed by atoms with Crippen LogP contribution in [0.25, 0.3) is 0 Å². The second-order valence-corrected chi connectivity index (χ2v) is 5.94. The molecular weight excluding hydrogens is 473 g/mol. The van der Waals surface area contributed by atoms with Crippen molar-refractivity contribution in [3.63, 3.8) is 0 Å². The highest BCUT2D eigenvalue weighted by Crippen LogP contribution is 2.32. The summed E-state index contributed by atoms with van der Waals surface area (Å²) in [5.74, 6) is 3.77. The van der Waals surface area contributed by atoms with Crippen LogP contribution in [0.5, 0.6) is 23.0 Å². The van der Waals surface area contributed by atoms with E-state index in [4.69, 9.17) is 18.9 Å². The SMILES string of the molecule is CN=C(NCCc1ccc2c(c1)OCO2)NCc1cccc(OC)c1OC.I. The van der Waals surface area contributed by atoms with Crippen LogP contribution in [0.4, 0.5) is 0 Å². The molecule has 0 amide bonds. The van der Waals surface area contributed by atoms with E-state index in [1.807, 2.05) is 36.4 Å². The molecule has 2 aromatic rings. The predicted molar refractivity (Wildman–Crippen MR) is 119 cm³/mol. The molecule has 0 saturated heterocycles. The highest BCUT2D eigenvalue weighted by Gasteiger charge is 2.13. The lowest BCUT2D eigenvalue weighted by Crippen LogP contribution is -2.37. The minimum Gasteiger partial charge on any atom is -0.493 e. The molecule has 1 aliphatic heterocycles. The molecule has 28 heavy (non-hydrogen) atoms. The van der Waals surface area contributed by atoms with Crippen molar-refractivity contribution in [1.82, 2.24) is 10.6 Å². The van der Waals surface area contributed by atoms with Gasteiger partial charge in [-0.15, -0.1) is 24.0 Å². The standard InChI is InChI=1S/C20H25N3O4.HI/c1-21-20(23-12-15-5-4-6-17(24-2)19(15)25-3)22-10-9-14-7-8-16-18(11-14)27-13-26-16;/h4-8,11H,9-10,12-13H2,1-3H3,(H2,21,22,23);1H. The first kappa shape index (κ1) is 21.9. The van der Waals surface area contributed by atoms with E-state index in [-0.39, 0.29) is 24.0 Å². The van der Waals surface area contributed by atoms with Crippen molar-refractivity contribution in [2.75, 3.05) is 34.6 Å². The number of rotatable bonds is 7. The molecule has 1 heterocycles. The van der Waals surface area contributed by atoms with Crippen molar-refractivity contribution in [3.8, 4) is 23.0 Å². The van der Waals surface area contributed by atoms with Crippen LogP contribution in [-0.2, 0) is 13.0 Å². The Kier molecular flexibility index (Phi) is 8.49. The Hall–Kier alpha value is -2.36. The zero-order chi connectivity index (χ0) is 19.1. The molecule has 7 nitrogen and oxygen atoms in total. The lowest BCUT2D eigenvalue weighted by molar-refractivity contribution is 0.174. The largest absolute Gasteiger partial charge is 0.493 e. The molecule has 2 aromatic carbocycles. The van der Waals surface area contributed by atoms with E-state index in [0.29, 0.717) is 19.1 Å². The van der Waals surface area contributed by atoms with E-state index in [1.54, 1.807) is 21.3 Å². The Morgan fingerprint density at radius 3 is 2.64 bits per heavy atom. The molecule has 0 spiro atoms. The Morgan fingerprint density at radius 2 is 1.89 bits per heavy atom. The van der Waals surface area contributed by atoms with Crippen LogP contribution in [0.2, 0.25) is 0 Å². The average Bonchev–Trinajstić information content (AvgIpc) is 3.17. The van der Waals surface area contributed by atoms with Gasteiger partial charge in [-0.3, -0.25) is 4.99 Å². The normalized spacial score (nSPS) is 12.2.